The van der Waals surface area contributed by atoms with E-state index in [1.165, 1.54) is 0 Å². The summed E-state index contributed by atoms with van der Waals surface area (Å²) in [5.74, 6) is -11.8. The zero-order valence-corrected chi connectivity index (χ0v) is 10.4. The number of halogens is 4. The number of aromatic hydroxyl groups is 1. The first-order valence-electron chi connectivity index (χ1n) is 3.18. The second kappa shape index (κ2) is 4.88. The molecule has 0 heterocycles. The number of phenols is 1. The van der Waals surface area contributed by atoms with Gasteiger partial charge >= 0.3 is 29.6 Å². The third-order valence-corrected chi connectivity index (χ3v) is 2.32. The standard InChI is InChI=1S/C6H2F4O4S.Na/c7-1-2(8)4(10)6(15(12,13)14)5(11)3(1)9;/h11H,(H,12,13,14);/q;+1/p-1. The molecule has 0 aliphatic heterocycles. The van der Waals surface area contributed by atoms with Crippen LogP contribution in [0, 0.1) is 23.3 Å². The van der Waals surface area contributed by atoms with Gasteiger partial charge in [0.15, 0.2) is 17.4 Å². The molecule has 0 aromatic heterocycles. The average Bonchev–Trinajstić information content (AvgIpc) is 2.09. The molecule has 0 saturated heterocycles. The van der Waals surface area contributed by atoms with E-state index in [0.29, 0.717) is 0 Å². The summed E-state index contributed by atoms with van der Waals surface area (Å²) >= 11 is 0. The fraction of sp³-hybridized carbons (Fsp3) is 0. The van der Waals surface area contributed by atoms with Crippen molar-refractivity contribution >= 4 is 10.1 Å². The van der Waals surface area contributed by atoms with Crippen LogP contribution in [-0.4, -0.2) is 18.1 Å². The molecule has 10 heteroatoms. The van der Waals surface area contributed by atoms with Crippen LogP contribution in [0.2, 0.25) is 0 Å². The molecule has 1 rings (SSSR count). The third-order valence-electron chi connectivity index (χ3n) is 1.45. The van der Waals surface area contributed by atoms with Crippen LogP contribution in [0.15, 0.2) is 4.90 Å². The van der Waals surface area contributed by atoms with Gasteiger partial charge in [-0.25, -0.2) is 21.6 Å². The van der Waals surface area contributed by atoms with Crippen molar-refractivity contribution in [1.82, 2.24) is 0 Å². The van der Waals surface area contributed by atoms with Crippen molar-refractivity contribution in [2.24, 2.45) is 0 Å². The van der Waals surface area contributed by atoms with Gasteiger partial charge < -0.3 is 9.66 Å². The first-order valence-corrected chi connectivity index (χ1v) is 4.59. The van der Waals surface area contributed by atoms with Crippen molar-refractivity contribution < 1.29 is 65.2 Å². The van der Waals surface area contributed by atoms with Gasteiger partial charge in [-0.2, -0.15) is 4.39 Å². The summed E-state index contributed by atoms with van der Waals surface area (Å²) in [7, 11) is -5.65. The number of phenolic OH excluding ortho intramolecular Hbond substituents is 1. The molecule has 0 amide bonds. The average molecular weight is 268 g/mol. The molecule has 0 aliphatic rings. The number of hydrogen-bond donors (Lipinski definition) is 1. The normalized spacial score (nSPS) is 11.1. The Labute approximate surface area is 109 Å². The molecule has 0 atom stereocenters. The van der Waals surface area contributed by atoms with Crippen LogP contribution >= 0.6 is 0 Å². The molecule has 1 N–H and O–H groups in total. The second-order valence-corrected chi connectivity index (χ2v) is 3.70. The Morgan fingerprint density at radius 1 is 0.938 bits per heavy atom. The molecule has 0 aliphatic carbocycles. The topological polar surface area (TPSA) is 77.4 Å². The first-order chi connectivity index (χ1) is 6.68. The van der Waals surface area contributed by atoms with Crippen molar-refractivity contribution in [1.29, 1.82) is 0 Å². The predicted octanol–water partition coefficient (Wildman–Crippen LogP) is -2.14. The number of hydrogen-bond acceptors (Lipinski definition) is 4. The zero-order valence-electron chi connectivity index (χ0n) is 7.59. The summed E-state index contributed by atoms with van der Waals surface area (Å²) in [6, 6.07) is 0. The summed E-state index contributed by atoms with van der Waals surface area (Å²) < 4.78 is 80.9. The van der Waals surface area contributed by atoms with Crippen LogP contribution in [0.25, 0.3) is 0 Å². The Kier molecular flexibility index (Phi) is 4.77. The van der Waals surface area contributed by atoms with E-state index in [1.807, 2.05) is 0 Å². The van der Waals surface area contributed by atoms with Gasteiger partial charge in [0, 0.05) is 0 Å². The minimum atomic E-state index is -5.65. The van der Waals surface area contributed by atoms with Crippen molar-refractivity contribution in [2.45, 2.75) is 4.90 Å². The van der Waals surface area contributed by atoms with E-state index >= 15 is 0 Å². The molecule has 0 unspecified atom stereocenters. The van der Waals surface area contributed by atoms with E-state index in [0.717, 1.165) is 0 Å². The first kappa shape index (κ1) is 15.7. The van der Waals surface area contributed by atoms with E-state index in [4.69, 9.17) is 5.11 Å². The van der Waals surface area contributed by atoms with Crippen LogP contribution in [0.5, 0.6) is 5.75 Å². The number of benzene rings is 1. The van der Waals surface area contributed by atoms with Gasteiger partial charge in [0.25, 0.3) is 0 Å². The molecule has 0 bridgehead atoms. The zero-order chi connectivity index (χ0) is 12.0. The quantitative estimate of drug-likeness (QED) is 0.207. The summed E-state index contributed by atoms with van der Waals surface area (Å²) in [5, 5.41) is 8.62. The molecule has 0 spiro atoms. The van der Waals surface area contributed by atoms with Gasteiger partial charge in [-0.1, -0.05) is 0 Å². The van der Waals surface area contributed by atoms with E-state index in [-0.39, 0.29) is 29.6 Å². The van der Waals surface area contributed by atoms with Gasteiger partial charge in [-0.05, 0) is 0 Å². The van der Waals surface area contributed by atoms with Crippen molar-refractivity contribution in [3.05, 3.63) is 23.3 Å². The molecule has 16 heavy (non-hydrogen) atoms. The summed E-state index contributed by atoms with van der Waals surface area (Å²) in [6.07, 6.45) is 0. The van der Waals surface area contributed by atoms with Crippen LogP contribution in [0.3, 0.4) is 0 Å². The Bertz CT molecular complexity index is 501. The van der Waals surface area contributed by atoms with E-state index < -0.39 is 44.0 Å². The Morgan fingerprint density at radius 3 is 1.69 bits per heavy atom. The van der Waals surface area contributed by atoms with Crippen LogP contribution in [0.1, 0.15) is 0 Å². The maximum Gasteiger partial charge on any atom is 1.00 e. The van der Waals surface area contributed by atoms with Gasteiger partial charge in [-0.15, -0.1) is 0 Å². The molecule has 4 nitrogen and oxygen atoms in total. The molecular weight excluding hydrogens is 267 g/mol. The van der Waals surface area contributed by atoms with Gasteiger partial charge in [0.1, 0.15) is 15.0 Å². The largest absolute Gasteiger partial charge is 1.00 e. The SMILES string of the molecule is O=S(=O)([O-])c1c(O)c(F)c(F)c(F)c1F.[Na+]. The van der Waals surface area contributed by atoms with E-state index in [1.54, 1.807) is 0 Å². The third kappa shape index (κ3) is 2.48. The second-order valence-electron chi connectivity index (χ2n) is 2.39. The smallest absolute Gasteiger partial charge is 0.744 e. The monoisotopic (exact) mass is 268 g/mol. The van der Waals surface area contributed by atoms with Gasteiger partial charge in [-0.3, -0.25) is 0 Å². The Morgan fingerprint density at radius 2 is 1.31 bits per heavy atom. The molecule has 1 aromatic carbocycles. The van der Waals surface area contributed by atoms with E-state index in [9.17, 15) is 30.5 Å². The maximum absolute atomic E-state index is 12.7. The fourth-order valence-electron chi connectivity index (χ4n) is 0.828. The molecule has 0 fully saturated rings. The van der Waals surface area contributed by atoms with E-state index in [2.05, 4.69) is 0 Å². The van der Waals surface area contributed by atoms with Crippen LogP contribution in [0.4, 0.5) is 17.6 Å². The van der Waals surface area contributed by atoms with Crippen molar-refractivity contribution in [3.8, 4) is 5.75 Å². The van der Waals surface area contributed by atoms with Crippen molar-refractivity contribution in [3.63, 3.8) is 0 Å². The Balaban J connectivity index is 0.00000225. The molecular formula is C6HF4NaO4S. The Hall–Kier alpha value is -0.350. The van der Waals surface area contributed by atoms with Gasteiger partial charge in [0.2, 0.25) is 11.6 Å². The minimum Gasteiger partial charge on any atom is -0.744 e. The predicted molar refractivity (Wildman–Crippen MR) is 35.9 cm³/mol. The summed E-state index contributed by atoms with van der Waals surface area (Å²) in [4.78, 5) is -2.15. The number of rotatable bonds is 1. The summed E-state index contributed by atoms with van der Waals surface area (Å²) in [5.41, 5.74) is 0. The molecule has 0 radical (unpaired) electrons. The summed E-state index contributed by atoms with van der Waals surface area (Å²) in [6.45, 7) is 0. The van der Waals surface area contributed by atoms with Crippen LogP contribution in [-0.2, 0) is 10.1 Å². The van der Waals surface area contributed by atoms with Crippen LogP contribution < -0.4 is 29.6 Å². The minimum absolute atomic E-state index is 0. The molecule has 1 aromatic rings. The van der Waals surface area contributed by atoms with Crippen molar-refractivity contribution in [2.75, 3.05) is 0 Å². The van der Waals surface area contributed by atoms with Gasteiger partial charge in [0.05, 0.1) is 0 Å². The molecule has 84 valence electrons. The maximum atomic E-state index is 12.7. The molecule has 0 saturated carbocycles. The fourth-order valence-corrected chi connectivity index (χ4v) is 1.46.